The maximum atomic E-state index is 5.88. The van der Waals surface area contributed by atoms with Gasteiger partial charge in [-0.05, 0) is 35.7 Å². The van der Waals surface area contributed by atoms with Crippen molar-refractivity contribution in [3.63, 3.8) is 0 Å². The molecule has 0 radical (unpaired) electrons. The molecular weight excluding hydrogens is 248 g/mol. The van der Waals surface area contributed by atoms with Crippen molar-refractivity contribution in [3.05, 3.63) is 35.2 Å². The lowest BCUT2D eigenvalue weighted by molar-refractivity contribution is 0.487. The summed E-state index contributed by atoms with van der Waals surface area (Å²) >= 11 is 3.44. The molecule has 0 saturated carbocycles. The lowest BCUT2D eigenvalue weighted by Crippen LogP contribution is -2.28. The van der Waals surface area contributed by atoms with Crippen LogP contribution in [0.3, 0.4) is 0 Å². The minimum atomic E-state index is -0.144. The van der Waals surface area contributed by atoms with Crippen LogP contribution in [-0.2, 0) is 5.54 Å². The Balaban J connectivity index is 2.18. The summed E-state index contributed by atoms with van der Waals surface area (Å²) in [6.07, 6.45) is 1.05. The number of amidine groups is 1. The van der Waals surface area contributed by atoms with E-state index in [4.69, 9.17) is 5.73 Å². The first-order chi connectivity index (χ1) is 8.19. The molecule has 0 fully saturated rings. The Morgan fingerprint density at radius 1 is 1.35 bits per heavy atom. The Morgan fingerprint density at radius 3 is 3.00 bits per heavy atom. The van der Waals surface area contributed by atoms with E-state index in [0.29, 0.717) is 5.17 Å². The van der Waals surface area contributed by atoms with Gasteiger partial charge in [0.1, 0.15) is 0 Å². The van der Waals surface area contributed by atoms with Crippen LogP contribution in [0.4, 0.5) is 0 Å². The third-order valence-corrected chi connectivity index (χ3v) is 5.02. The summed E-state index contributed by atoms with van der Waals surface area (Å²) in [5, 5.41) is 4.27. The van der Waals surface area contributed by atoms with E-state index in [1.54, 1.807) is 23.1 Å². The van der Waals surface area contributed by atoms with E-state index < -0.39 is 0 Å². The number of nitrogens with two attached hydrogens (primary N) is 1. The number of aliphatic imine (C=N–C) groups is 1. The van der Waals surface area contributed by atoms with Crippen LogP contribution in [0.25, 0.3) is 10.1 Å². The summed E-state index contributed by atoms with van der Waals surface area (Å²) in [7, 11) is 0. The van der Waals surface area contributed by atoms with E-state index in [1.165, 1.54) is 15.6 Å². The molecule has 0 spiro atoms. The first-order valence-corrected chi connectivity index (χ1v) is 7.50. The van der Waals surface area contributed by atoms with Crippen molar-refractivity contribution in [3.8, 4) is 0 Å². The number of rotatable bonds is 1. The van der Waals surface area contributed by atoms with Gasteiger partial charge in [-0.2, -0.15) is 0 Å². The Morgan fingerprint density at radius 2 is 2.18 bits per heavy atom. The van der Waals surface area contributed by atoms with Crippen molar-refractivity contribution >= 4 is 38.4 Å². The SMILES string of the molecule is C[C@@]1(c2csc3ccccc23)CCSC(N)=N1. The minimum absolute atomic E-state index is 0.144. The number of hydrogen-bond donors (Lipinski definition) is 1. The molecule has 88 valence electrons. The predicted octanol–water partition coefficient (Wildman–Crippen LogP) is 3.57. The van der Waals surface area contributed by atoms with E-state index in [0.717, 1.165) is 12.2 Å². The second-order valence-electron chi connectivity index (χ2n) is 4.47. The van der Waals surface area contributed by atoms with Gasteiger partial charge in [0.25, 0.3) is 0 Å². The maximum Gasteiger partial charge on any atom is 0.154 e. The fraction of sp³-hybridized carbons (Fsp3) is 0.308. The molecule has 1 aromatic heterocycles. The topological polar surface area (TPSA) is 38.4 Å². The highest BCUT2D eigenvalue weighted by Gasteiger charge is 2.31. The van der Waals surface area contributed by atoms with Gasteiger partial charge in [-0.25, -0.2) is 0 Å². The fourth-order valence-electron chi connectivity index (χ4n) is 2.28. The summed E-state index contributed by atoms with van der Waals surface area (Å²) in [6, 6.07) is 8.52. The molecule has 2 heterocycles. The van der Waals surface area contributed by atoms with E-state index >= 15 is 0 Å². The third-order valence-electron chi connectivity index (χ3n) is 3.26. The summed E-state index contributed by atoms with van der Waals surface area (Å²) in [5.74, 6) is 1.05. The van der Waals surface area contributed by atoms with Crippen molar-refractivity contribution in [2.24, 2.45) is 10.7 Å². The van der Waals surface area contributed by atoms with Gasteiger partial charge in [0.2, 0.25) is 0 Å². The van der Waals surface area contributed by atoms with Crippen LogP contribution in [0.15, 0.2) is 34.6 Å². The van der Waals surface area contributed by atoms with Crippen LogP contribution in [0, 0.1) is 0 Å². The molecular formula is C13H14N2S2. The summed E-state index contributed by atoms with van der Waals surface area (Å²) in [4.78, 5) is 4.67. The van der Waals surface area contributed by atoms with E-state index in [-0.39, 0.29) is 5.54 Å². The molecule has 1 aromatic carbocycles. The summed E-state index contributed by atoms with van der Waals surface area (Å²) in [6.45, 7) is 2.19. The van der Waals surface area contributed by atoms with Gasteiger partial charge in [0, 0.05) is 10.5 Å². The van der Waals surface area contributed by atoms with Gasteiger partial charge in [-0.3, -0.25) is 4.99 Å². The van der Waals surface area contributed by atoms with Gasteiger partial charge >= 0.3 is 0 Å². The molecule has 0 aliphatic carbocycles. The van der Waals surface area contributed by atoms with Crippen LogP contribution >= 0.6 is 23.1 Å². The molecule has 3 rings (SSSR count). The lowest BCUT2D eigenvalue weighted by atomic mass is 9.89. The summed E-state index contributed by atoms with van der Waals surface area (Å²) in [5.41, 5.74) is 7.05. The van der Waals surface area contributed by atoms with Crippen LogP contribution in [0.2, 0.25) is 0 Å². The number of nitrogens with zero attached hydrogens (tertiary/aromatic N) is 1. The Kier molecular flexibility index (Phi) is 2.64. The number of hydrogen-bond acceptors (Lipinski definition) is 4. The minimum Gasteiger partial charge on any atom is -0.379 e. The van der Waals surface area contributed by atoms with Gasteiger partial charge in [-0.1, -0.05) is 30.0 Å². The molecule has 2 N–H and O–H groups in total. The number of benzene rings is 1. The predicted molar refractivity (Wildman–Crippen MR) is 77.9 cm³/mol. The second kappa shape index (κ2) is 4.03. The van der Waals surface area contributed by atoms with Crippen LogP contribution in [0.1, 0.15) is 18.9 Å². The highest BCUT2D eigenvalue weighted by molar-refractivity contribution is 8.13. The van der Waals surface area contributed by atoms with Crippen molar-refractivity contribution in [2.45, 2.75) is 18.9 Å². The van der Waals surface area contributed by atoms with Gasteiger partial charge in [0.05, 0.1) is 5.54 Å². The summed E-state index contributed by atoms with van der Waals surface area (Å²) < 4.78 is 1.33. The van der Waals surface area contributed by atoms with Crippen LogP contribution in [0.5, 0.6) is 0 Å². The third kappa shape index (κ3) is 1.85. The lowest BCUT2D eigenvalue weighted by Gasteiger charge is -2.29. The second-order valence-corrected chi connectivity index (χ2v) is 6.49. The highest BCUT2D eigenvalue weighted by Crippen LogP contribution is 2.40. The average Bonchev–Trinajstić information content (AvgIpc) is 2.72. The van der Waals surface area contributed by atoms with Crippen molar-refractivity contribution in [2.75, 3.05) is 5.75 Å². The highest BCUT2D eigenvalue weighted by atomic mass is 32.2. The number of thioether (sulfide) groups is 1. The number of thiophene rings is 1. The quantitative estimate of drug-likeness (QED) is 0.853. The zero-order chi connectivity index (χ0) is 11.9. The van der Waals surface area contributed by atoms with Crippen molar-refractivity contribution in [1.29, 1.82) is 0 Å². The first-order valence-electron chi connectivity index (χ1n) is 5.64. The van der Waals surface area contributed by atoms with E-state index in [2.05, 4.69) is 41.6 Å². The van der Waals surface area contributed by atoms with Crippen LogP contribution < -0.4 is 5.73 Å². The zero-order valence-corrected chi connectivity index (χ0v) is 11.3. The Bertz CT molecular complexity index is 588. The molecule has 0 amide bonds. The molecule has 4 heteroatoms. The zero-order valence-electron chi connectivity index (χ0n) is 9.64. The molecule has 1 aliphatic rings. The largest absolute Gasteiger partial charge is 0.379 e. The normalized spacial score (nSPS) is 24.9. The number of fused-ring (bicyclic) bond motifs is 1. The van der Waals surface area contributed by atoms with Gasteiger partial charge in [0.15, 0.2) is 5.17 Å². The molecule has 1 aliphatic heterocycles. The molecule has 1 atom stereocenters. The molecule has 2 aromatic rings. The first kappa shape index (κ1) is 11.1. The fourth-order valence-corrected chi connectivity index (χ4v) is 4.34. The van der Waals surface area contributed by atoms with Crippen molar-refractivity contribution < 1.29 is 0 Å². The van der Waals surface area contributed by atoms with E-state index in [1.807, 2.05) is 0 Å². The molecule has 0 unspecified atom stereocenters. The smallest absolute Gasteiger partial charge is 0.154 e. The van der Waals surface area contributed by atoms with Crippen molar-refractivity contribution in [1.82, 2.24) is 0 Å². The monoisotopic (exact) mass is 262 g/mol. The molecule has 0 saturated heterocycles. The van der Waals surface area contributed by atoms with Gasteiger partial charge in [-0.15, -0.1) is 11.3 Å². The standard InChI is InChI=1S/C13H14N2S2/c1-13(6-7-16-12(14)15-13)10-8-17-11-5-3-2-4-9(10)11/h2-5,8H,6-7H2,1H3,(H2,14,15)/t13-/m0/s1. The van der Waals surface area contributed by atoms with Gasteiger partial charge < -0.3 is 5.73 Å². The molecule has 17 heavy (non-hydrogen) atoms. The van der Waals surface area contributed by atoms with Crippen LogP contribution in [-0.4, -0.2) is 10.9 Å². The molecule has 2 nitrogen and oxygen atoms in total. The molecule has 0 bridgehead atoms. The Hall–Kier alpha value is -1.00. The maximum absolute atomic E-state index is 5.88. The average molecular weight is 262 g/mol. The Labute approximate surface area is 109 Å². The van der Waals surface area contributed by atoms with E-state index in [9.17, 15) is 0 Å².